The number of nitrogens with one attached hydrogen (secondary N) is 1. The SMILES string of the molecule is O=C(Nc1ccc(Cl)cc1C(=O)c1ccccc1)c1ccc(CN2CCCCCC2)cc1. The van der Waals surface area contributed by atoms with Gasteiger partial charge in [-0.1, -0.05) is 66.9 Å². The molecule has 32 heavy (non-hydrogen) atoms. The number of carbonyl (C=O) groups excluding carboxylic acids is 2. The van der Waals surface area contributed by atoms with Gasteiger partial charge in [0.2, 0.25) is 0 Å². The fourth-order valence-electron chi connectivity index (χ4n) is 4.07. The molecule has 0 aliphatic carbocycles. The molecule has 1 fully saturated rings. The summed E-state index contributed by atoms with van der Waals surface area (Å²) in [7, 11) is 0. The molecule has 1 saturated heterocycles. The van der Waals surface area contributed by atoms with Crippen molar-refractivity contribution < 1.29 is 9.59 Å². The number of benzene rings is 3. The number of amides is 1. The zero-order chi connectivity index (χ0) is 22.3. The number of rotatable bonds is 6. The molecule has 1 heterocycles. The lowest BCUT2D eigenvalue weighted by Gasteiger charge is -2.19. The average Bonchev–Trinajstić information content (AvgIpc) is 3.09. The molecule has 3 aromatic rings. The van der Waals surface area contributed by atoms with Crippen LogP contribution in [0.25, 0.3) is 0 Å². The minimum Gasteiger partial charge on any atom is -0.321 e. The molecular formula is C27H27ClN2O2. The lowest BCUT2D eigenvalue weighted by Crippen LogP contribution is -2.24. The van der Waals surface area contributed by atoms with Crippen molar-refractivity contribution in [2.45, 2.75) is 32.2 Å². The Balaban J connectivity index is 1.47. The lowest BCUT2D eigenvalue weighted by atomic mass is 10.0. The average molecular weight is 447 g/mol. The van der Waals surface area contributed by atoms with Crippen LogP contribution in [0, 0.1) is 0 Å². The van der Waals surface area contributed by atoms with Gasteiger partial charge in [0.1, 0.15) is 0 Å². The highest BCUT2D eigenvalue weighted by Gasteiger charge is 2.17. The highest BCUT2D eigenvalue weighted by molar-refractivity contribution is 6.31. The molecule has 0 spiro atoms. The molecule has 0 saturated carbocycles. The Morgan fingerprint density at radius 1 is 0.812 bits per heavy atom. The van der Waals surface area contributed by atoms with Gasteiger partial charge in [0.15, 0.2) is 5.78 Å². The molecule has 1 aliphatic heterocycles. The molecule has 1 N–H and O–H groups in total. The van der Waals surface area contributed by atoms with E-state index in [4.69, 9.17) is 11.6 Å². The first-order valence-electron chi connectivity index (χ1n) is 11.1. The topological polar surface area (TPSA) is 49.4 Å². The van der Waals surface area contributed by atoms with Gasteiger partial charge in [-0.3, -0.25) is 14.5 Å². The van der Waals surface area contributed by atoms with Gasteiger partial charge >= 0.3 is 0 Å². The van der Waals surface area contributed by atoms with E-state index in [1.54, 1.807) is 30.3 Å². The monoisotopic (exact) mass is 446 g/mol. The first kappa shape index (κ1) is 22.3. The first-order chi connectivity index (χ1) is 15.6. The van der Waals surface area contributed by atoms with Crippen LogP contribution in [0.5, 0.6) is 0 Å². The normalized spacial score (nSPS) is 14.5. The Hall–Kier alpha value is -2.95. The van der Waals surface area contributed by atoms with Gasteiger partial charge in [0, 0.05) is 28.3 Å². The van der Waals surface area contributed by atoms with Gasteiger partial charge in [0.05, 0.1) is 5.69 Å². The predicted octanol–water partition coefficient (Wildman–Crippen LogP) is 6.20. The number of anilines is 1. The quantitative estimate of drug-likeness (QED) is 0.458. The van der Waals surface area contributed by atoms with Crippen molar-refractivity contribution in [3.05, 3.63) is 100 Å². The maximum absolute atomic E-state index is 13.0. The predicted molar refractivity (Wildman–Crippen MR) is 129 cm³/mol. The standard InChI is InChI=1S/C27H27ClN2O2/c28-23-14-15-25(24(18-23)26(31)21-8-4-3-5-9-21)29-27(32)22-12-10-20(11-13-22)19-30-16-6-1-2-7-17-30/h3-5,8-15,18H,1-2,6-7,16-17,19H2,(H,29,32). The Bertz CT molecular complexity index is 1070. The number of halogens is 1. The molecule has 3 aromatic carbocycles. The van der Waals surface area contributed by atoms with Crippen molar-refractivity contribution in [1.82, 2.24) is 4.90 Å². The van der Waals surface area contributed by atoms with Crippen molar-refractivity contribution in [2.75, 3.05) is 18.4 Å². The second kappa shape index (κ2) is 10.6. The summed E-state index contributed by atoms with van der Waals surface area (Å²) >= 11 is 6.14. The van der Waals surface area contributed by atoms with Crippen LogP contribution in [0.2, 0.25) is 5.02 Å². The van der Waals surface area contributed by atoms with Crippen molar-refractivity contribution in [2.24, 2.45) is 0 Å². The number of ketones is 1. The number of carbonyl (C=O) groups is 2. The highest BCUT2D eigenvalue weighted by Crippen LogP contribution is 2.24. The number of hydrogen-bond donors (Lipinski definition) is 1. The summed E-state index contributed by atoms with van der Waals surface area (Å²) in [6.45, 7) is 3.18. The van der Waals surface area contributed by atoms with E-state index < -0.39 is 0 Å². The number of nitrogens with zero attached hydrogens (tertiary/aromatic N) is 1. The molecule has 164 valence electrons. The van der Waals surface area contributed by atoms with E-state index in [1.807, 2.05) is 42.5 Å². The van der Waals surface area contributed by atoms with E-state index in [9.17, 15) is 9.59 Å². The Morgan fingerprint density at radius 3 is 2.19 bits per heavy atom. The third-order valence-corrected chi connectivity index (χ3v) is 6.07. The molecule has 0 radical (unpaired) electrons. The minimum atomic E-state index is -0.254. The van der Waals surface area contributed by atoms with Crippen molar-refractivity contribution >= 4 is 29.0 Å². The van der Waals surface area contributed by atoms with Crippen LogP contribution in [0.15, 0.2) is 72.8 Å². The van der Waals surface area contributed by atoms with E-state index in [2.05, 4.69) is 10.2 Å². The van der Waals surface area contributed by atoms with Crippen LogP contribution in [0.4, 0.5) is 5.69 Å². The fraction of sp³-hybridized carbons (Fsp3) is 0.259. The van der Waals surface area contributed by atoms with Gasteiger partial charge in [-0.15, -0.1) is 0 Å². The van der Waals surface area contributed by atoms with E-state index in [1.165, 1.54) is 31.2 Å². The molecule has 0 bridgehead atoms. The van der Waals surface area contributed by atoms with E-state index >= 15 is 0 Å². The fourth-order valence-corrected chi connectivity index (χ4v) is 4.24. The maximum atomic E-state index is 13.0. The van der Waals surface area contributed by atoms with Gasteiger partial charge < -0.3 is 5.32 Å². The smallest absolute Gasteiger partial charge is 0.255 e. The summed E-state index contributed by atoms with van der Waals surface area (Å²) in [5.41, 5.74) is 3.12. The summed E-state index contributed by atoms with van der Waals surface area (Å²) in [6, 6.07) is 21.6. The Kier molecular flexibility index (Phi) is 7.35. The van der Waals surface area contributed by atoms with Gasteiger partial charge in [0.25, 0.3) is 5.91 Å². The summed E-state index contributed by atoms with van der Waals surface area (Å²) < 4.78 is 0. The van der Waals surface area contributed by atoms with E-state index in [0.717, 1.165) is 19.6 Å². The summed E-state index contributed by atoms with van der Waals surface area (Å²) in [5, 5.41) is 3.33. The Labute approximate surface area is 194 Å². The van der Waals surface area contributed by atoms with Gasteiger partial charge in [-0.05, 0) is 61.8 Å². The van der Waals surface area contributed by atoms with Crippen molar-refractivity contribution in [3.8, 4) is 0 Å². The summed E-state index contributed by atoms with van der Waals surface area (Å²) in [4.78, 5) is 28.4. The zero-order valence-corrected chi connectivity index (χ0v) is 18.8. The molecule has 1 amide bonds. The second-order valence-corrected chi connectivity index (χ2v) is 8.66. The zero-order valence-electron chi connectivity index (χ0n) is 18.0. The summed E-state index contributed by atoms with van der Waals surface area (Å²) in [5.74, 6) is -0.438. The van der Waals surface area contributed by atoms with Crippen LogP contribution >= 0.6 is 11.6 Å². The molecule has 5 heteroatoms. The van der Waals surface area contributed by atoms with Crippen LogP contribution < -0.4 is 5.32 Å². The maximum Gasteiger partial charge on any atom is 0.255 e. The third-order valence-electron chi connectivity index (χ3n) is 5.83. The molecule has 0 aromatic heterocycles. The summed E-state index contributed by atoms with van der Waals surface area (Å²) in [6.07, 6.45) is 5.14. The molecule has 1 aliphatic rings. The van der Waals surface area contributed by atoms with E-state index in [-0.39, 0.29) is 11.7 Å². The number of likely N-dealkylation sites (tertiary alicyclic amines) is 1. The van der Waals surface area contributed by atoms with Crippen molar-refractivity contribution in [3.63, 3.8) is 0 Å². The first-order valence-corrected chi connectivity index (χ1v) is 11.5. The third kappa shape index (κ3) is 5.64. The van der Waals surface area contributed by atoms with Crippen LogP contribution in [0.1, 0.15) is 57.5 Å². The van der Waals surface area contributed by atoms with Gasteiger partial charge in [-0.25, -0.2) is 0 Å². The molecule has 4 nitrogen and oxygen atoms in total. The van der Waals surface area contributed by atoms with E-state index in [0.29, 0.717) is 27.4 Å². The highest BCUT2D eigenvalue weighted by atomic mass is 35.5. The molecule has 0 atom stereocenters. The molecule has 4 rings (SSSR count). The number of hydrogen-bond acceptors (Lipinski definition) is 3. The minimum absolute atomic E-state index is 0.184. The second-order valence-electron chi connectivity index (χ2n) is 8.23. The van der Waals surface area contributed by atoms with Crippen molar-refractivity contribution in [1.29, 1.82) is 0 Å². The van der Waals surface area contributed by atoms with Gasteiger partial charge in [-0.2, -0.15) is 0 Å². The van der Waals surface area contributed by atoms with Crippen LogP contribution in [-0.4, -0.2) is 29.7 Å². The largest absolute Gasteiger partial charge is 0.321 e. The van der Waals surface area contributed by atoms with Crippen LogP contribution in [-0.2, 0) is 6.54 Å². The molecular weight excluding hydrogens is 420 g/mol. The van der Waals surface area contributed by atoms with Crippen LogP contribution in [0.3, 0.4) is 0 Å². The lowest BCUT2D eigenvalue weighted by molar-refractivity contribution is 0.102. The Morgan fingerprint density at radius 2 is 1.50 bits per heavy atom. The molecule has 0 unspecified atom stereocenters.